The summed E-state index contributed by atoms with van der Waals surface area (Å²) in [7, 11) is 0. The molecule has 0 spiro atoms. The van der Waals surface area contributed by atoms with Crippen LogP contribution in [0, 0.1) is 0 Å². The zero-order valence-electron chi connectivity index (χ0n) is 9.58. The number of primary amides is 1. The van der Waals surface area contributed by atoms with Crippen molar-refractivity contribution in [2.45, 2.75) is 12.8 Å². The Morgan fingerprint density at radius 3 is 2.42 bits per heavy atom. The monoisotopic (exact) mass is 325 g/mol. The lowest BCUT2D eigenvalue weighted by Crippen LogP contribution is -2.13. The van der Waals surface area contributed by atoms with E-state index in [-0.39, 0.29) is 45.8 Å². The first-order valence-corrected chi connectivity index (χ1v) is 6.30. The molecule has 0 saturated heterocycles. The van der Waals surface area contributed by atoms with Crippen LogP contribution in [0.3, 0.4) is 0 Å². The Bertz CT molecular complexity index is 519. The van der Waals surface area contributed by atoms with Crippen LogP contribution >= 0.6 is 34.8 Å². The van der Waals surface area contributed by atoms with Gasteiger partial charge in [-0.3, -0.25) is 9.59 Å². The van der Waals surface area contributed by atoms with Gasteiger partial charge in [-0.25, -0.2) is 0 Å². The van der Waals surface area contributed by atoms with Gasteiger partial charge in [-0.1, -0.05) is 34.8 Å². The fourth-order valence-corrected chi connectivity index (χ4v) is 2.39. The second-order valence-corrected chi connectivity index (χ2v) is 4.76. The average Bonchev–Trinajstić information content (AvgIpc) is 2.26. The maximum atomic E-state index is 11.2. The number of aliphatic carboxylic acids is 1. The largest absolute Gasteiger partial charge is 0.490 e. The van der Waals surface area contributed by atoms with Crippen LogP contribution in [0.1, 0.15) is 23.2 Å². The molecule has 1 rings (SSSR count). The molecular weight excluding hydrogens is 316 g/mol. The van der Waals surface area contributed by atoms with E-state index in [4.69, 9.17) is 50.4 Å². The molecule has 0 aromatic heterocycles. The number of nitrogens with two attached hydrogens (primary N) is 1. The highest BCUT2D eigenvalue weighted by molar-refractivity contribution is 6.43. The van der Waals surface area contributed by atoms with E-state index >= 15 is 0 Å². The average molecular weight is 327 g/mol. The van der Waals surface area contributed by atoms with Crippen molar-refractivity contribution in [3.05, 3.63) is 26.7 Å². The minimum Gasteiger partial charge on any atom is -0.490 e. The summed E-state index contributed by atoms with van der Waals surface area (Å²) in [6.07, 6.45) is 0.224. The summed E-state index contributed by atoms with van der Waals surface area (Å²) in [6, 6.07) is 1.29. The summed E-state index contributed by atoms with van der Waals surface area (Å²) in [6.45, 7) is 0.0889. The van der Waals surface area contributed by atoms with Crippen molar-refractivity contribution < 1.29 is 19.4 Å². The second kappa shape index (κ2) is 6.84. The van der Waals surface area contributed by atoms with E-state index in [2.05, 4.69) is 0 Å². The molecule has 1 amide bonds. The van der Waals surface area contributed by atoms with Crippen molar-refractivity contribution in [1.82, 2.24) is 0 Å². The minimum absolute atomic E-state index is 0.0281. The van der Waals surface area contributed by atoms with Crippen LogP contribution in [-0.4, -0.2) is 23.6 Å². The summed E-state index contributed by atoms with van der Waals surface area (Å²) >= 11 is 17.6. The highest BCUT2D eigenvalue weighted by Gasteiger charge is 2.20. The third-order valence-corrected chi connectivity index (χ3v) is 3.10. The Hall–Kier alpha value is -1.17. The summed E-state index contributed by atoms with van der Waals surface area (Å²) in [5.74, 6) is -1.68. The SMILES string of the molecule is NC(=O)c1c(Cl)cc(Cl)c(OCCCC(=O)O)c1Cl. The zero-order valence-corrected chi connectivity index (χ0v) is 11.8. The van der Waals surface area contributed by atoms with Crippen molar-refractivity contribution >= 4 is 46.7 Å². The van der Waals surface area contributed by atoms with Crippen molar-refractivity contribution in [2.75, 3.05) is 6.61 Å². The Morgan fingerprint density at radius 2 is 1.89 bits per heavy atom. The topological polar surface area (TPSA) is 89.6 Å². The van der Waals surface area contributed by atoms with Crippen LogP contribution in [0.4, 0.5) is 0 Å². The number of carbonyl (C=O) groups is 2. The zero-order chi connectivity index (χ0) is 14.6. The van der Waals surface area contributed by atoms with Crippen molar-refractivity contribution in [2.24, 2.45) is 5.73 Å². The molecule has 0 heterocycles. The number of hydrogen-bond donors (Lipinski definition) is 2. The predicted molar refractivity (Wildman–Crippen MR) is 72.4 cm³/mol. The molecule has 1 aromatic rings. The van der Waals surface area contributed by atoms with Crippen LogP contribution in [0.5, 0.6) is 5.75 Å². The fraction of sp³-hybridized carbons (Fsp3) is 0.273. The summed E-state index contributed by atoms with van der Waals surface area (Å²) in [5, 5.41) is 8.55. The molecule has 0 aliphatic carbocycles. The third kappa shape index (κ3) is 4.16. The molecule has 0 aliphatic heterocycles. The van der Waals surface area contributed by atoms with E-state index < -0.39 is 11.9 Å². The number of benzene rings is 1. The Morgan fingerprint density at radius 1 is 1.26 bits per heavy atom. The maximum absolute atomic E-state index is 11.2. The van der Waals surface area contributed by atoms with Crippen molar-refractivity contribution in [3.8, 4) is 5.75 Å². The van der Waals surface area contributed by atoms with Crippen LogP contribution in [0.15, 0.2) is 6.07 Å². The highest BCUT2D eigenvalue weighted by Crippen LogP contribution is 2.39. The fourth-order valence-electron chi connectivity index (χ4n) is 1.33. The van der Waals surface area contributed by atoms with E-state index in [9.17, 15) is 9.59 Å². The predicted octanol–water partition coefficient (Wildman–Crippen LogP) is 2.99. The van der Waals surface area contributed by atoms with Crippen LogP contribution in [0.25, 0.3) is 0 Å². The Kier molecular flexibility index (Phi) is 5.72. The first-order valence-electron chi connectivity index (χ1n) is 5.16. The van der Waals surface area contributed by atoms with Gasteiger partial charge in [-0.05, 0) is 12.5 Å². The molecule has 104 valence electrons. The van der Waals surface area contributed by atoms with E-state index in [1.807, 2.05) is 0 Å². The first-order chi connectivity index (χ1) is 8.84. The molecule has 0 bridgehead atoms. The smallest absolute Gasteiger partial charge is 0.303 e. The number of halogens is 3. The molecule has 0 radical (unpaired) electrons. The van der Waals surface area contributed by atoms with Gasteiger partial charge >= 0.3 is 5.97 Å². The number of hydrogen-bond acceptors (Lipinski definition) is 3. The normalized spacial score (nSPS) is 10.3. The molecule has 0 atom stereocenters. The minimum atomic E-state index is -0.935. The van der Waals surface area contributed by atoms with Gasteiger partial charge in [0.05, 0.1) is 27.2 Å². The number of ether oxygens (including phenoxy) is 1. The third-order valence-electron chi connectivity index (χ3n) is 2.16. The number of amides is 1. The first kappa shape index (κ1) is 15.9. The molecular formula is C11H10Cl3NO4. The van der Waals surface area contributed by atoms with Gasteiger partial charge in [0.2, 0.25) is 0 Å². The molecule has 5 nitrogen and oxygen atoms in total. The quantitative estimate of drug-likeness (QED) is 0.786. The van der Waals surface area contributed by atoms with E-state index in [0.29, 0.717) is 0 Å². The lowest BCUT2D eigenvalue weighted by Gasteiger charge is -2.12. The molecule has 0 aliphatic rings. The van der Waals surface area contributed by atoms with Crippen molar-refractivity contribution in [1.29, 1.82) is 0 Å². The molecule has 8 heteroatoms. The van der Waals surface area contributed by atoms with Gasteiger partial charge in [0.15, 0.2) is 5.75 Å². The van der Waals surface area contributed by atoms with Crippen LogP contribution in [-0.2, 0) is 4.79 Å². The Labute approximate surface area is 124 Å². The van der Waals surface area contributed by atoms with Gasteiger partial charge in [0.25, 0.3) is 5.91 Å². The van der Waals surface area contributed by atoms with Crippen molar-refractivity contribution in [3.63, 3.8) is 0 Å². The van der Waals surface area contributed by atoms with Gasteiger partial charge in [-0.2, -0.15) is 0 Å². The molecule has 0 saturated carbocycles. The molecule has 1 aromatic carbocycles. The van der Waals surface area contributed by atoms with Gasteiger partial charge < -0.3 is 15.6 Å². The van der Waals surface area contributed by atoms with Crippen LogP contribution in [0.2, 0.25) is 15.1 Å². The maximum Gasteiger partial charge on any atom is 0.303 e. The number of rotatable bonds is 6. The summed E-state index contributed by atoms with van der Waals surface area (Å²) in [5.41, 5.74) is 5.06. The number of carboxylic acids is 1. The molecule has 0 unspecified atom stereocenters. The summed E-state index contributed by atoms with van der Waals surface area (Å²) in [4.78, 5) is 21.5. The summed E-state index contributed by atoms with van der Waals surface area (Å²) < 4.78 is 5.27. The van der Waals surface area contributed by atoms with E-state index in [1.54, 1.807) is 0 Å². The standard InChI is InChI=1S/C11H10Cl3NO4/c12-5-4-6(13)10(9(14)8(5)11(15)18)19-3-1-2-7(16)17/h4H,1-3H2,(H2,15,18)(H,16,17). The van der Waals surface area contributed by atoms with Gasteiger partial charge in [0, 0.05) is 6.42 Å². The lowest BCUT2D eigenvalue weighted by atomic mass is 10.2. The highest BCUT2D eigenvalue weighted by atomic mass is 35.5. The number of carbonyl (C=O) groups excluding carboxylic acids is 1. The van der Waals surface area contributed by atoms with Crippen LogP contribution < -0.4 is 10.5 Å². The van der Waals surface area contributed by atoms with E-state index in [1.165, 1.54) is 6.07 Å². The molecule has 3 N–H and O–H groups in total. The lowest BCUT2D eigenvalue weighted by molar-refractivity contribution is -0.137. The number of carboxylic acid groups (broad SMARTS) is 1. The Balaban J connectivity index is 2.91. The van der Waals surface area contributed by atoms with Gasteiger partial charge in [0.1, 0.15) is 0 Å². The van der Waals surface area contributed by atoms with E-state index in [0.717, 1.165) is 0 Å². The molecule has 19 heavy (non-hydrogen) atoms. The van der Waals surface area contributed by atoms with Gasteiger partial charge in [-0.15, -0.1) is 0 Å². The second-order valence-electron chi connectivity index (χ2n) is 3.57. The molecule has 0 fully saturated rings.